The number of nitrogens with one attached hydrogen (secondary N) is 1. The molecule has 0 aliphatic carbocycles. The molecule has 0 saturated heterocycles. The zero-order valence-electron chi connectivity index (χ0n) is 22.4. The van der Waals surface area contributed by atoms with Gasteiger partial charge in [0.15, 0.2) is 0 Å². The highest BCUT2D eigenvalue weighted by molar-refractivity contribution is 7.48. The predicted octanol–water partition coefficient (Wildman–Crippen LogP) is 8.38. The molecule has 2 N–H and O–H groups in total. The molecule has 4 aromatic rings. The van der Waals surface area contributed by atoms with Gasteiger partial charge in [-0.05, 0) is 79.0 Å². The second-order valence-electron chi connectivity index (χ2n) is 10.9. The molecule has 0 spiro atoms. The van der Waals surface area contributed by atoms with E-state index in [2.05, 4.69) is 64.2 Å². The number of halogens is 1. The Morgan fingerprint density at radius 1 is 0.784 bits per heavy atom. The third kappa shape index (κ3) is 6.47. The van der Waals surface area contributed by atoms with E-state index >= 15 is 0 Å². The lowest BCUT2D eigenvalue weighted by atomic mass is 9.88. The van der Waals surface area contributed by atoms with Crippen LogP contribution in [0.25, 0.3) is 22.3 Å². The van der Waals surface area contributed by atoms with Gasteiger partial charge in [-0.1, -0.05) is 89.2 Å². The molecule has 2 nitrogen and oxygen atoms in total. The maximum atomic E-state index is 14.3. The summed E-state index contributed by atoms with van der Waals surface area (Å²) in [7, 11) is 0.352. The van der Waals surface area contributed by atoms with E-state index in [1.807, 2.05) is 54.6 Å². The minimum absolute atomic E-state index is 0.0758. The van der Waals surface area contributed by atoms with Crippen LogP contribution in [0, 0.1) is 5.82 Å². The van der Waals surface area contributed by atoms with Crippen molar-refractivity contribution < 1.29 is 9.50 Å². The number of phenols is 1. The summed E-state index contributed by atoms with van der Waals surface area (Å²) < 4.78 is 14.3. The number of benzene rings is 4. The summed E-state index contributed by atoms with van der Waals surface area (Å²) in [6, 6.07) is 29.7. The van der Waals surface area contributed by atoms with E-state index in [0.717, 1.165) is 45.1 Å². The molecular weight excluding hydrogens is 476 g/mol. The summed E-state index contributed by atoms with van der Waals surface area (Å²) in [6.45, 7) is 11.3. The first-order valence-corrected chi connectivity index (χ1v) is 13.9. The summed E-state index contributed by atoms with van der Waals surface area (Å²) >= 11 is 0. The van der Waals surface area contributed by atoms with Gasteiger partial charge in [0, 0.05) is 28.4 Å². The van der Waals surface area contributed by atoms with Gasteiger partial charge in [0.25, 0.3) is 0 Å². The molecule has 0 aromatic heterocycles. The maximum Gasteiger partial charge on any atom is 0.127 e. The van der Waals surface area contributed by atoms with Crippen molar-refractivity contribution >= 4 is 13.9 Å². The van der Waals surface area contributed by atoms with Gasteiger partial charge >= 0.3 is 0 Å². The summed E-state index contributed by atoms with van der Waals surface area (Å²) in [5.74, 6) is 0.0944. The lowest BCUT2D eigenvalue weighted by Gasteiger charge is -2.32. The molecule has 0 aliphatic rings. The Balaban J connectivity index is 1.84. The average Bonchev–Trinajstić information content (AvgIpc) is 2.89. The fourth-order valence-corrected chi connectivity index (χ4v) is 6.11. The molecule has 0 aliphatic heterocycles. The van der Waals surface area contributed by atoms with Crippen LogP contribution in [-0.2, 0) is 11.7 Å². The monoisotopic (exact) mass is 513 g/mol. The minimum atomic E-state index is -0.341. The van der Waals surface area contributed by atoms with Crippen molar-refractivity contribution in [3.8, 4) is 28.0 Å². The summed E-state index contributed by atoms with van der Waals surface area (Å²) in [5, 5.41) is 16.0. The molecule has 0 saturated carbocycles. The first kappa shape index (κ1) is 27.0. The van der Waals surface area contributed by atoms with Gasteiger partial charge in [0.05, 0.1) is 0 Å². The summed E-state index contributed by atoms with van der Waals surface area (Å²) in [5.41, 5.74) is 5.81. The van der Waals surface area contributed by atoms with Crippen molar-refractivity contribution in [3.63, 3.8) is 0 Å². The van der Waals surface area contributed by atoms with Gasteiger partial charge in [-0.15, -0.1) is 0 Å². The van der Waals surface area contributed by atoms with Crippen molar-refractivity contribution in [3.05, 3.63) is 108 Å². The van der Waals surface area contributed by atoms with Crippen LogP contribution < -0.4 is 10.6 Å². The van der Waals surface area contributed by atoms with Crippen molar-refractivity contribution in [2.24, 2.45) is 0 Å². The van der Waals surface area contributed by atoms with Crippen LogP contribution >= 0.6 is 8.58 Å². The quantitative estimate of drug-likeness (QED) is 0.232. The van der Waals surface area contributed by atoms with Gasteiger partial charge in [0.2, 0.25) is 0 Å². The highest BCUT2D eigenvalue weighted by Gasteiger charge is 2.31. The molecule has 37 heavy (non-hydrogen) atoms. The van der Waals surface area contributed by atoms with Crippen LogP contribution in [0.4, 0.5) is 4.39 Å². The molecule has 4 rings (SSSR count). The molecule has 2 unspecified atom stereocenters. The van der Waals surface area contributed by atoms with Crippen molar-refractivity contribution in [2.45, 2.75) is 58.3 Å². The van der Waals surface area contributed by atoms with E-state index in [1.54, 1.807) is 12.1 Å². The summed E-state index contributed by atoms with van der Waals surface area (Å²) in [4.78, 5) is 0. The standard InChI is InChI=1S/C33H37FNOP/c1-6-33(5,37-30-18-17-27(34)19-26(30)22-35-32(2,3)4)29-21-25(23-13-9-7-10-14-23)20-28(31(29)36)24-15-11-8-12-16-24/h7-21,35-37H,6,22H2,1-5H3. The second kappa shape index (κ2) is 11.2. The molecule has 0 amide bonds. The van der Waals surface area contributed by atoms with Crippen LogP contribution in [0.1, 0.15) is 52.2 Å². The van der Waals surface area contributed by atoms with Crippen LogP contribution in [0.3, 0.4) is 0 Å². The molecule has 2 atom stereocenters. The molecular formula is C33H37FNOP. The zero-order chi connectivity index (χ0) is 26.6. The molecule has 0 heterocycles. The SMILES string of the molecule is CCC(C)(Pc1ccc(F)cc1CNC(C)(C)C)c1cc(-c2ccccc2)cc(-c2ccccc2)c1O. The lowest BCUT2D eigenvalue weighted by molar-refractivity contribution is 0.424. The molecule has 0 bridgehead atoms. The first-order valence-electron chi connectivity index (χ1n) is 12.9. The average molecular weight is 514 g/mol. The van der Waals surface area contributed by atoms with E-state index in [9.17, 15) is 9.50 Å². The Kier molecular flexibility index (Phi) is 8.17. The Hall–Kier alpha value is -3.00. The molecule has 4 heteroatoms. The van der Waals surface area contributed by atoms with Crippen molar-refractivity contribution in [2.75, 3.05) is 0 Å². The van der Waals surface area contributed by atoms with Crippen molar-refractivity contribution in [1.29, 1.82) is 0 Å². The fraction of sp³-hybridized carbons (Fsp3) is 0.273. The van der Waals surface area contributed by atoms with E-state index < -0.39 is 0 Å². The molecule has 192 valence electrons. The Bertz CT molecular complexity index is 1350. The highest BCUT2D eigenvalue weighted by Crippen LogP contribution is 2.51. The Morgan fingerprint density at radius 3 is 2.00 bits per heavy atom. The largest absolute Gasteiger partial charge is 0.507 e. The number of aromatic hydroxyl groups is 1. The van der Waals surface area contributed by atoms with Gasteiger partial charge in [-0.2, -0.15) is 0 Å². The minimum Gasteiger partial charge on any atom is -0.507 e. The third-order valence-corrected chi connectivity index (χ3v) is 8.82. The normalized spacial score (nSPS) is 13.7. The fourth-order valence-electron chi connectivity index (χ4n) is 4.52. The number of phenolic OH excluding ortho intramolecular Hbond substituents is 1. The predicted molar refractivity (Wildman–Crippen MR) is 158 cm³/mol. The van der Waals surface area contributed by atoms with Gasteiger partial charge < -0.3 is 10.4 Å². The maximum absolute atomic E-state index is 14.3. The van der Waals surface area contributed by atoms with Crippen LogP contribution in [0.5, 0.6) is 5.75 Å². The topological polar surface area (TPSA) is 32.3 Å². The summed E-state index contributed by atoms with van der Waals surface area (Å²) in [6.07, 6.45) is 0.828. The van der Waals surface area contributed by atoms with Gasteiger partial charge in [-0.25, -0.2) is 4.39 Å². The van der Waals surface area contributed by atoms with Crippen LogP contribution in [-0.4, -0.2) is 10.6 Å². The Morgan fingerprint density at radius 2 is 1.41 bits per heavy atom. The zero-order valence-corrected chi connectivity index (χ0v) is 23.4. The van der Waals surface area contributed by atoms with Gasteiger partial charge in [-0.3, -0.25) is 0 Å². The van der Waals surface area contributed by atoms with E-state index in [1.165, 1.54) is 0 Å². The van der Waals surface area contributed by atoms with E-state index in [-0.39, 0.29) is 16.5 Å². The number of hydrogen-bond acceptors (Lipinski definition) is 2. The second-order valence-corrected chi connectivity index (χ2v) is 12.8. The lowest BCUT2D eigenvalue weighted by Crippen LogP contribution is -2.36. The van der Waals surface area contributed by atoms with E-state index in [0.29, 0.717) is 20.9 Å². The highest BCUT2D eigenvalue weighted by atomic mass is 31.1. The Labute approximate surface area is 222 Å². The number of rotatable bonds is 8. The first-order chi connectivity index (χ1) is 17.6. The molecule has 0 radical (unpaired) electrons. The number of hydrogen-bond donors (Lipinski definition) is 2. The van der Waals surface area contributed by atoms with Gasteiger partial charge in [0.1, 0.15) is 11.6 Å². The van der Waals surface area contributed by atoms with Crippen LogP contribution in [0.15, 0.2) is 91.0 Å². The third-order valence-electron chi connectivity index (χ3n) is 6.89. The van der Waals surface area contributed by atoms with E-state index in [4.69, 9.17) is 0 Å². The molecule has 0 fully saturated rings. The molecule has 4 aromatic carbocycles. The van der Waals surface area contributed by atoms with Crippen molar-refractivity contribution in [1.82, 2.24) is 5.32 Å². The smallest absolute Gasteiger partial charge is 0.127 e. The van der Waals surface area contributed by atoms with Crippen LogP contribution in [0.2, 0.25) is 0 Å².